The topological polar surface area (TPSA) is 85.9 Å². The average molecular weight is 267 g/mol. The lowest BCUT2D eigenvalue weighted by Crippen LogP contribution is -2.09. The molecule has 8 heteroatoms. The number of nitrogens with one attached hydrogen (secondary N) is 1. The van der Waals surface area contributed by atoms with Crippen molar-refractivity contribution in [1.29, 1.82) is 0 Å². The summed E-state index contributed by atoms with van der Waals surface area (Å²) in [5.74, 6) is 1.71. The highest BCUT2D eigenvalue weighted by Gasteiger charge is 2.14. The Morgan fingerprint density at radius 1 is 1.56 bits per heavy atom. The number of nitrogens with zero attached hydrogens (tertiary/aromatic N) is 4. The van der Waals surface area contributed by atoms with E-state index in [4.69, 9.17) is 0 Å². The Hall–Kier alpha value is -1.96. The summed E-state index contributed by atoms with van der Waals surface area (Å²) in [6.07, 6.45) is 0.673. The van der Waals surface area contributed by atoms with Gasteiger partial charge in [0, 0.05) is 26.1 Å². The third-order valence-electron chi connectivity index (χ3n) is 2.66. The van der Waals surface area contributed by atoms with Crippen molar-refractivity contribution in [2.75, 3.05) is 11.9 Å². The Bertz CT molecular complexity index is 562. The zero-order valence-electron chi connectivity index (χ0n) is 10.1. The maximum atomic E-state index is 10.7. The van der Waals surface area contributed by atoms with Gasteiger partial charge < -0.3 is 9.88 Å². The number of aryl methyl sites for hydroxylation is 1. The maximum Gasteiger partial charge on any atom is 0.303 e. The van der Waals surface area contributed by atoms with E-state index in [0.29, 0.717) is 18.0 Å². The molecule has 0 bridgehead atoms. The number of aromatic nitrogens is 3. The Morgan fingerprint density at radius 2 is 2.33 bits per heavy atom. The molecule has 0 saturated carbocycles. The number of hydrogen-bond donors (Lipinski definition) is 1. The quantitative estimate of drug-likeness (QED) is 0.658. The van der Waals surface area contributed by atoms with Crippen LogP contribution in [0.15, 0.2) is 11.4 Å². The first-order valence-corrected chi connectivity index (χ1v) is 6.28. The molecule has 2 heterocycles. The second-order valence-electron chi connectivity index (χ2n) is 3.79. The molecule has 18 heavy (non-hydrogen) atoms. The van der Waals surface area contributed by atoms with E-state index in [1.807, 2.05) is 18.5 Å². The number of anilines is 1. The second-order valence-corrected chi connectivity index (χ2v) is 4.71. The minimum atomic E-state index is -0.384. The van der Waals surface area contributed by atoms with Gasteiger partial charge in [0.1, 0.15) is 11.6 Å². The van der Waals surface area contributed by atoms with Gasteiger partial charge in [-0.3, -0.25) is 10.1 Å². The van der Waals surface area contributed by atoms with Crippen molar-refractivity contribution in [1.82, 2.24) is 14.8 Å². The minimum Gasteiger partial charge on any atom is -0.371 e. The molecule has 2 aromatic rings. The lowest BCUT2D eigenvalue weighted by Gasteiger charge is -2.03. The molecule has 2 rings (SSSR count). The molecule has 2 aromatic heterocycles. The van der Waals surface area contributed by atoms with Gasteiger partial charge in [0.2, 0.25) is 0 Å². The minimum absolute atomic E-state index is 0.120. The number of thiophene rings is 1. The normalized spacial score (nSPS) is 10.6. The van der Waals surface area contributed by atoms with Crippen LogP contribution in [0.25, 0.3) is 0 Å². The summed E-state index contributed by atoms with van der Waals surface area (Å²) in [4.78, 5) is 10.3. The van der Waals surface area contributed by atoms with Crippen LogP contribution in [-0.2, 0) is 13.5 Å². The van der Waals surface area contributed by atoms with Crippen molar-refractivity contribution >= 4 is 22.0 Å². The molecule has 0 radical (unpaired) electrons. The third-order valence-corrected chi connectivity index (χ3v) is 3.52. The van der Waals surface area contributed by atoms with Gasteiger partial charge >= 0.3 is 5.69 Å². The molecule has 1 N–H and O–H groups in total. The molecule has 96 valence electrons. The molecule has 7 nitrogen and oxygen atoms in total. The van der Waals surface area contributed by atoms with E-state index in [9.17, 15) is 10.1 Å². The highest BCUT2D eigenvalue weighted by molar-refractivity contribution is 7.14. The first kappa shape index (κ1) is 12.5. The van der Waals surface area contributed by atoms with Crippen molar-refractivity contribution in [3.8, 4) is 0 Å². The molecule has 0 saturated heterocycles. The van der Waals surface area contributed by atoms with E-state index >= 15 is 0 Å². The summed E-state index contributed by atoms with van der Waals surface area (Å²) in [6, 6.07) is 1.50. The van der Waals surface area contributed by atoms with E-state index in [2.05, 4.69) is 15.5 Å². The van der Waals surface area contributed by atoms with E-state index in [1.165, 1.54) is 17.4 Å². The van der Waals surface area contributed by atoms with Gasteiger partial charge in [0.15, 0.2) is 5.00 Å². The standard InChI is InChI=1S/C10H13N5O2S/c1-7-12-13-9(14(7)2)3-5-11-10-8(15(16)17)4-6-18-10/h4,6,11H,3,5H2,1-2H3. The molecule has 0 fully saturated rings. The SMILES string of the molecule is Cc1nnc(CCNc2sccc2[N+](=O)[O-])n1C. The summed E-state index contributed by atoms with van der Waals surface area (Å²) in [5.41, 5.74) is 0.120. The van der Waals surface area contributed by atoms with E-state index in [-0.39, 0.29) is 10.6 Å². The van der Waals surface area contributed by atoms with Crippen LogP contribution in [0.5, 0.6) is 0 Å². The highest BCUT2D eigenvalue weighted by Crippen LogP contribution is 2.29. The molecule has 0 aliphatic carbocycles. The molecular weight excluding hydrogens is 254 g/mol. The van der Waals surface area contributed by atoms with Crippen LogP contribution in [0.3, 0.4) is 0 Å². The van der Waals surface area contributed by atoms with Crippen molar-refractivity contribution in [3.05, 3.63) is 33.2 Å². The number of hydrogen-bond acceptors (Lipinski definition) is 6. The molecular formula is C10H13N5O2S. The zero-order valence-corrected chi connectivity index (χ0v) is 10.9. The molecule has 0 unspecified atom stereocenters. The molecule has 0 spiro atoms. The van der Waals surface area contributed by atoms with Gasteiger partial charge in [-0.2, -0.15) is 0 Å². The van der Waals surface area contributed by atoms with E-state index in [1.54, 1.807) is 5.38 Å². The zero-order chi connectivity index (χ0) is 13.1. The average Bonchev–Trinajstić information content (AvgIpc) is 2.91. The molecule has 0 amide bonds. The Kier molecular flexibility index (Phi) is 3.56. The van der Waals surface area contributed by atoms with Crippen molar-refractivity contribution < 1.29 is 4.92 Å². The largest absolute Gasteiger partial charge is 0.371 e. The first-order chi connectivity index (χ1) is 8.59. The fourth-order valence-electron chi connectivity index (χ4n) is 1.54. The number of rotatable bonds is 5. The van der Waals surface area contributed by atoms with Gasteiger partial charge in [-0.05, 0) is 12.3 Å². The summed E-state index contributed by atoms with van der Waals surface area (Å²) >= 11 is 1.33. The maximum absolute atomic E-state index is 10.7. The first-order valence-electron chi connectivity index (χ1n) is 5.40. The monoisotopic (exact) mass is 267 g/mol. The Labute approximate surface area is 108 Å². The Morgan fingerprint density at radius 3 is 2.94 bits per heavy atom. The van der Waals surface area contributed by atoms with Crippen molar-refractivity contribution in [2.24, 2.45) is 7.05 Å². The summed E-state index contributed by atoms with van der Waals surface area (Å²) in [6.45, 7) is 2.47. The summed E-state index contributed by atoms with van der Waals surface area (Å²) in [7, 11) is 1.90. The predicted octanol–water partition coefficient (Wildman–Crippen LogP) is 1.75. The van der Waals surface area contributed by atoms with Crippen molar-refractivity contribution in [3.63, 3.8) is 0 Å². The smallest absolute Gasteiger partial charge is 0.303 e. The van der Waals surface area contributed by atoms with Crippen LogP contribution >= 0.6 is 11.3 Å². The van der Waals surface area contributed by atoms with Crippen LogP contribution in [0.2, 0.25) is 0 Å². The summed E-state index contributed by atoms with van der Waals surface area (Å²) in [5, 5.41) is 24.0. The van der Waals surface area contributed by atoms with Crippen LogP contribution in [0.4, 0.5) is 10.7 Å². The lowest BCUT2D eigenvalue weighted by atomic mass is 10.4. The van der Waals surface area contributed by atoms with Crippen molar-refractivity contribution in [2.45, 2.75) is 13.3 Å². The molecule has 0 atom stereocenters. The summed E-state index contributed by atoms with van der Waals surface area (Å²) < 4.78 is 1.91. The molecule has 0 aliphatic rings. The fraction of sp³-hybridized carbons (Fsp3) is 0.400. The Balaban J connectivity index is 1.94. The van der Waals surface area contributed by atoms with Gasteiger partial charge in [-0.15, -0.1) is 21.5 Å². The van der Waals surface area contributed by atoms with Crippen LogP contribution in [-0.4, -0.2) is 26.2 Å². The third kappa shape index (κ3) is 2.48. The highest BCUT2D eigenvalue weighted by atomic mass is 32.1. The van der Waals surface area contributed by atoms with E-state index in [0.717, 1.165) is 11.6 Å². The van der Waals surface area contributed by atoms with Gasteiger partial charge in [0.25, 0.3) is 0 Å². The fourth-order valence-corrected chi connectivity index (χ4v) is 2.32. The van der Waals surface area contributed by atoms with E-state index < -0.39 is 0 Å². The second kappa shape index (κ2) is 5.13. The molecule has 0 aliphatic heterocycles. The van der Waals surface area contributed by atoms with Gasteiger partial charge in [-0.1, -0.05) is 0 Å². The predicted molar refractivity (Wildman–Crippen MR) is 68.9 cm³/mol. The van der Waals surface area contributed by atoms with Crippen LogP contribution in [0, 0.1) is 17.0 Å². The van der Waals surface area contributed by atoms with Crippen LogP contribution < -0.4 is 5.32 Å². The lowest BCUT2D eigenvalue weighted by molar-refractivity contribution is -0.383. The van der Waals surface area contributed by atoms with Crippen LogP contribution in [0.1, 0.15) is 11.6 Å². The molecule has 0 aromatic carbocycles. The van der Waals surface area contributed by atoms with Gasteiger partial charge in [-0.25, -0.2) is 0 Å². The number of nitro groups is 1. The van der Waals surface area contributed by atoms with Gasteiger partial charge in [0.05, 0.1) is 4.92 Å².